The molecule has 0 amide bonds. The first-order valence-electron chi connectivity index (χ1n) is 5.60. The molecule has 0 spiro atoms. The Morgan fingerprint density at radius 1 is 1.44 bits per heavy atom. The predicted octanol–water partition coefficient (Wildman–Crippen LogP) is 0.279. The molecule has 0 unspecified atom stereocenters. The Morgan fingerprint density at radius 2 is 2.22 bits per heavy atom. The standard InChI is InChI=1S/C12H12N2O4/c13-4-12(5-17-6-12)10(15)7-1-2-9-8(3-7)14-11(16)18-9/h1-3H,4-6,13H2,(H,14,16). The molecule has 1 aromatic carbocycles. The molecule has 0 radical (unpaired) electrons. The van der Waals surface area contributed by atoms with Gasteiger partial charge in [-0.2, -0.15) is 0 Å². The average molecular weight is 248 g/mol. The lowest BCUT2D eigenvalue weighted by Crippen LogP contribution is -2.54. The third kappa shape index (κ3) is 1.50. The quantitative estimate of drug-likeness (QED) is 0.760. The van der Waals surface area contributed by atoms with E-state index in [4.69, 9.17) is 14.9 Å². The van der Waals surface area contributed by atoms with Crippen molar-refractivity contribution >= 4 is 16.9 Å². The van der Waals surface area contributed by atoms with E-state index in [1.54, 1.807) is 18.2 Å². The molecule has 3 rings (SSSR count). The molecule has 0 aliphatic carbocycles. The first-order valence-corrected chi connectivity index (χ1v) is 5.60. The van der Waals surface area contributed by atoms with Gasteiger partial charge in [0.15, 0.2) is 11.4 Å². The number of aromatic nitrogens is 1. The number of ketones is 1. The van der Waals surface area contributed by atoms with Crippen molar-refractivity contribution in [1.29, 1.82) is 0 Å². The van der Waals surface area contributed by atoms with E-state index in [0.29, 0.717) is 29.9 Å². The Kier molecular flexibility index (Phi) is 2.36. The molecule has 94 valence electrons. The van der Waals surface area contributed by atoms with Crippen LogP contribution in [0.25, 0.3) is 11.1 Å². The monoisotopic (exact) mass is 248 g/mol. The molecule has 1 fully saturated rings. The second-order valence-corrected chi connectivity index (χ2v) is 4.53. The summed E-state index contributed by atoms with van der Waals surface area (Å²) in [5.41, 5.74) is 6.49. The zero-order valence-corrected chi connectivity index (χ0v) is 9.56. The molecular weight excluding hydrogens is 236 g/mol. The molecule has 2 heterocycles. The summed E-state index contributed by atoms with van der Waals surface area (Å²) in [4.78, 5) is 25.9. The van der Waals surface area contributed by atoms with Crippen molar-refractivity contribution in [2.24, 2.45) is 11.1 Å². The van der Waals surface area contributed by atoms with Crippen molar-refractivity contribution < 1.29 is 13.9 Å². The summed E-state index contributed by atoms with van der Waals surface area (Å²) in [6, 6.07) is 4.85. The number of rotatable bonds is 3. The maximum Gasteiger partial charge on any atom is 0.417 e. The number of aromatic amines is 1. The van der Waals surface area contributed by atoms with Gasteiger partial charge in [0.25, 0.3) is 0 Å². The highest BCUT2D eigenvalue weighted by molar-refractivity contribution is 6.03. The van der Waals surface area contributed by atoms with E-state index < -0.39 is 11.2 Å². The zero-order chi connectivity index (χ0) is 12.8. The van der Waals surface area contributed by atoms with Crippen LogP contribution >= 0.6 is 0 Å². The Morgan fingerprint density at radius 3 is 2.83 bits per heavy atom. The average Bonchev–Trinajstić information content (AvgIpc) is 2.67. The normalized spacial score (nSPS) is 17.6. The van der Waals surface area contributed by atoms with Crippen LogP contribution in [0.3, 0.4) is 0 Å². The number of oxazole rings is 1. The fraction of sp³-hybridized carbons (Fsp3) is 0.333. The van der Waals surface area contributed by atoms with Gasteiger partial charge in [-0.15, -0.1) is 0 Å². The summed E-state index contributed by atoms with van der Waals surface area (Å²) in [5.74, 6) is -0.588. The number of carbonyl (C=O) groups is 1. The van der Waals surface area contributed by atoms with Gasteiger partial charge in [0.2, 0.25) is 0 Å². The van der Waals surface area contributed by atoms with Crippen LogP contribution in [0.5, 0.6) is 0 Å². The molecule has 1 saturated heterocycles. The minimum Gasteiger partial charge on any atom is -0.408 e. The highest BCUT2D eigenvalue weighted by Gasteiger charge is 2.44. The van der Waals surface area contributed by atoms with E-state index in [2.05, 4.69) is 4.98 Å². The van der Waals surface area contributed by atoms with Crippen LogP contribution in [0.15, 0.2) is 27.4 Å². The van der Waals surface area contributed by atoms with Crippen molar-refractivity contribution in [2.75, 3.05) is 19.8 Å². The number of fused-ring (bicyclic) bond motifs is 1. The molecule has 1 aliphatic heterocycles. The number of benzene rings is 1. The van der Waals surface area contributed by atoms with Crippen LogP contribution in [-0.4, -0.2) is 30.5 Å². The summed E-state index contributed by atoms with van der Waals surface area (Å²) in [7, 11) is 0. The van der Waals surface area contributed by atoms with Gasteiger partial charge in [-0.05, 0) is 18.2 Å². The van der Waals surface area contributed by atoms with Gasteiger partial charge in [-0.1, -0.05) is 0 Å². The third-order valence-electron chi connectivity index (χ3n) is 3.31. The van der Waals surface area contributed by atoms with E-state index in [-0.39, 0.29) is 12.3 Å². The molecule has 6 heteroatoms. The van der Waals surface area contributed by atoms with Crippen LogP contribution in [0.4, 0.5) is 0 Å². The predicted molar refractivity (Wildman–Crippen MR) is 63.5 cm³/mol. The summed E-state index contributed by atoms with van der Waals surface area (Å²) < 4.78 is 9.97. The number of ether oxygens (including phenoxy) is 1. The second kappa shape index (κ2) is 3.79. The fourth-order valence-electron chi connectivity index (χ4n) is 2.09. The molecule has 0 bridgehead atoms. The smallest absolute Gasteiger partial charge is 0.408 e. The van der Waals surface area contributed by atoms with E-state index in [9.17, 15) is 9.59 Å². The molecular formula is C12H12N2O4. The molecule has 2 aromatic rings. The lowest BCUT2D eigenvalue weighted by atomic mass is 9.78. The maximum absolute atomic E-state index is 12.3. The fourth-order valence-corrected chi connectivity index (χ4v) is 2.09. The minimum atomic E-state index is -0.613. The SMILES string of the molecule is NCC1(C(=O)c2ccc3oc(=O)[nH]c3c2)COC1. The van der Waals surface area contributed by atoms with Crippen molar-refractivity contribution in [3.8, 4) is 0 Å². The summed E-state index contributed by atoms with van der Waals surface area (Å²) in [5, 5.41) is 0. The molecule has 0 saturated carbocycles. The first-order chi connectivity index (χ1) is 8.64. The summed E-state index contributed by atoms with van der Waals surface area (Å²) in [6.45, 7) is 0.955. The van der Waals surface area contributed by atoms with E-state index in [1.807, 2.05) is 0 Å². The highest BCUT2D eigenvalue weighted by Crippen LogP contribution is 2.31. The number of H-pyrrole nitrogens is 1. The highest BCUT2D eigenvalue weighted by atomic mass is 16.5. The number of nitrogens with two attached hydrogens (primary N) is 1. The van der Waals surface area contributed by atoms with Gasteiger partial charge in [-0.25, -0.2) is 4.79 Å². The van der Waals surface area contributed by atoms with Crippen molar-refractivity contribution in [3.63, 3.8) is 0 Å². The molecule has 3 N–H and O–H groups in total. The molecule has 0 atom stereocenters. The number of carbonyl (C=O) groups excluding carboxylic acids is 1. The van der Waals surface area contributed by atoms with Crippen LogP contribution in [0.1, 0.15) is 10.4 Å². The Bertz CT molecular complexity index is 661. The largest absolute Gasteiger partial charge is 0.417 e. The van der Waals surface area contributed by atoms with Crippen molar-refractivity contribution in [3.05, 3.63) is 34.3 Å². The Hall–Kier alpha value is -1.92. The van der Waals surface area contributed by atoms with Gasteiger partial charge in [0.05, 0.1) is 24.1 Å². The minimum absolute atomic E-state index is 0.0554. The lowest BCUT2D eigenvalue weighted by Gasteiger charge is -2.38. The maximum atomic E-state index is 12.3. The number of hydrogen-bond acceptors (Lipinski definition) is 5. The molecule has 18 heavy (non-hydrogen) atoms. The zero-order valence-electron chi connectivity index (χ0n) is 9.56. The van der Waals surface area contributed by atoms with Crippen molar-refractivity contribution in [1.82, 2.24) is 4.98 Å². The molecule has 1 aromatic heterocycles. The first kappa shape index (κ1) is 11.2. The summed E-state index contributed by atoms with van der Waals surface area (Å²) in [6.07, 6.45) is 0. The van der Waals surface area contributed by atoms with Crippen LogP contribution in [0.2, 0.25) is 0 Å². The van der Waals surface area contributed by atoms with Gasteiger partial charge in [0, 0.05) is 12.1 Å². The Balaban J connectivity index is 2.03. The number of nitrogens with one attached hydrogen (secondary N) is 1. The second-order valence-electron chi connectivity index (χ2n) is 4.53. The van der Waals surface area contributed by atoms with Crippen molar-refractivity contribution in [2.45, 2.75) is 0 Å². The van der Waals surface area contributed by atoms with E-state index in [1.165, 1.54) is 0 Å². The summed E-state index contributed by atoms with van der Waals surface area (Å²) >= 11 is 0. The van der Waals surface area contributed by atoms with Crippen LogP contribution in [-0.2, 0) is 4.74 Å². The van der Waals surface area contributed by atoms with Gasteiger partial charge in [0.1, 0.15) is 0 Å². The van der Waals surface area contributed by atoms with E-state index in [0.717, 1.165) is 0 Å². The Labute approximate surface area is 102 Å². The lowest BCUT2D eigenvalue weighted by molar-refractivity contribution is -0.0816. The third-order valence-corrected chi connectivity index (χ3v) is 3.31. The van der Waals surface area contributed by atoms with Crippen LogP contribution < -0.4 is 11.5 Å². The van der Waals surface area contributed by atoms with Crippen LogP contribution in [0, 0.1) is 5.41 Å². The molecule has 6 nitrogen and oxygen atoms in total. The van der Waals surface area contributed by atoms with Gasteiger partial charge in [-0.3, -0.25) is 9.78 Å². The topological polar surface area (TPSA) is 98.3 Å². The van der Waals surface area contributed by atoms with Gasteiger partial charge >= 0.3 is 5.76 Å². The number of Topliss-reactive ketones (excluding diaryl/α,β-unsaturated/α-hetero) is 1. The van der Waals surface area contributed by atoms with E-state index >= 15 is 0 Å². The molecule has 1 aliphatic rings. The van der Waals surface area contributed by atoms with Gasteiger partial charge < -0.3 is 14.9 Å². The number of hydrogen-bond donors (Lipinski definition) is 2.